The van der Waals surface area contributed by atoms with E-state index >= 15 is 0 Å². The van der Waals surface area contributed by atoms with Gasteiger partial charge in [-0.2, -0.15) is 11.8 Å². The molecule has 12 nitrogen and oxygen atoms in total. The van der Waals surface area contributed by atoms with Gasteiger partial charge >= 0.3 is 5.97 Å². The Bertz CT molecular complexity index is 1080. The van der Waals surface area contributed by atoms with Crippen LogP contribution >= 0.6 is 11.8 Å². The van der Waals surface area contributed by atoms with Crippen LogP contribution in [0.4, 0.5) is 0 Å². The molecule has 0 aliphatic carbocycles. The van der Waals surface area contributed by atoms with E-state index in [1.807, 2.05) is 30.5 Å². The van der Waals surface area contributed by atoms with Crippen LogP contribution < -0.4 is 27.4 Å². The molecule has 210 valence electrons. The predicted octanol–water partition coefficient (Wildman–Crippen LogP) is -0.549. The molecule has 0 saturated carbocycles. The maximum atomic E-state index is 13.2. The van der Waals surface area contributed by atoms with Crippen molar-refractivity contribution in [2.45, 2.75) is 56.3 Å². The number of hydrogen-bond acceptors (Lipinski definition) is 8. The molecule has 0 radical (unpaired) electrons. The average Bonchev–Trinajstić information content (AvgIpc) is 3.31. The number of unbranched alkanes of at least 4 members (excludes halogenated alkanes) is 1. The van der Waals surface area contributed by atoms with E-state index in [1.54, 1.807) is 6.20 Å². The lowest BCUT2D eigenvalue weighted by atomic mass is 10.0. The maximum absolute atomic E-state index is 13.2. The smallest absolute Gasteiger partial charge is 0.326 e. The molecule has 0 spiro atoms. The molecule has 0 aliphatic heterocycles. The molecule has 0 fully saturated rings. The fourth-order valence-electron chi connectivity index (χ4n) is 3.88. The minimum atomic E-state index is -1.35. The van der Waals surface area contributed by atoms with E-state index in [-0.39, 0.29) is 12.8 Å². The zero-order chi connectivity index (χ0) is 28.1. The SMILES string of the molecule is CSCCC(NC(=O)C(Cc1c[nH]c2ccccc12)NC(=O)C(CO)NC(=O)C(N)CCCCN)C(=O)O. The number of nitrogens with two attached hydrogens (primary N) is 2. The Hall–Kier alpha value is -3.13. The van der Waals surface area contributed by atoms with Gasteiger partial charge < -0.3 is 42.6 Å². The number of nitrogens with one attached hydrogen (secondary N) is 4. The Balaban J connectivity index is 2.20. The van der Waals surface area contributed by atoms with E-state index in [0.717, 1.165) is 16.5 Å². The molecule has 10 N–H and O–H groups in total. The standard InChI is InChI=1S/C25H38N6O6S/c1-38-11-9-19(25(36)37)29-23(34)20(12-15-13-28-18-8-3-2-6-16(15)18)30-24(35)21(14-32)31-22(33)17(27)7-4-5-10-26/h2-3,6,8,13,17,19-21,28,32H,4-5,7,9-12,14,26-27H2,1H3,(H,29,34)(H,30,35)(H,31,33)(H,36,37). The van der Waals surface area contributed by atoms with Crippen LogP contribution in [0.5, 0.6) is 0 Å². The summed E-state index contributed by atoms with van der Waals surface area (Å²) in [5, 5.41) is 27.7. The van der Waals surface area contributed by atoms with E-state index in [9.17, 15) is 29.4 Å². The van der Waals surface area contributed by atoms with Gasteiger partial charge in [0.25, 0.3) is 0 Å². The molecule has 0 saturated heterocycles. The number of aromatic amines is 1. The second kappa shape index (κ2) is 16.0. The lowest BCUT2D eigenvalue weighted by Crippen LogP contribution is -2.58. The van der Waals surface area contributed by atoms with Crippen LogP contribution in [0.25, 0.3) is 10.9 Å². The summed E-state index contributed by atoms with van der Waals surface area (Å²) in [6.07, 6.45) is 5.48. The van der Waals surface area contributed by atoms with Crippen LogP contribution in [0.3, 0.4) is 0 Å². The zero-order valence-electron chi connectivity index (χ0n) is 21.4. The molecule has 4 atom stereocenters. The second-order valence-electron chi connectivity index (χ2n) is 8.94. The number of aromatic nitrogens is 1. The van der Waals surface area contributed by atoms with Crippen LogP contribution in [-0.4, -0.2) is 88.2 Å². The Labute approximate surface area is 225 Å². The minimum Gasteiger partial charge on any atom is -0.480 e. The monoisotopic (exact) mass is 550 g/mol. The lowest BCUT2D eigenvalue weighted by molar-refractivity contribution is -0.142. The Kier molecular flexibility index (Phi) is 13.1. The lowest BCUT2D eigenvalue weighted by Gasteiger charge is -2.24. The van der Waals surface area contributed by atoms with Gasteiger partial charge in [-0.05, 0) is 49.4 Å². The van der Waals surface area contributed by atoms with E-state index in [2.05, 4.69) is 20.9 Å². The Morgan fingerprint density at radius 1 is 0.974 bits per heavy atom. The minimum absolute atomic E-state index is 0.0428. The number of hydrogen-bond donors (Lipinski definition) is 8. The molecule has 1 aromatic heterocycles. The number of fused-ring (bicyclic) bond motifs is 1. The van der Waals surface area contributed by atoms with Gasteiger partial charge in [-0.1, -0.05) is 24.6 Å². The first-order valence-corrected chi connectivity index (χ1v) is 13.9. The summed E-state index contributed by atoms with van der Waals surface area (Å²) in [5.74, 6) is -2.78. The number of benzene rings is 1. The van der Waals surface area contributed by atoms with Crippen molar-refractivity contribution in [1.29, 1.82) is 0 Å². The van der Waals surface area contributed by atoms with Crippen molar-refractivity contribution in [3.05, 3.63) is 36.0 Å². The van der Waals surface area contributed by atoms with Crippen molar-refractivity contribution < 1.29 is 29.4 Å². The topological polar surface area (TPSA) is 213 Å². The van der Waals surface area contributed by atoms with E-state index in [4.69, 9.17) is 11.5 Å². The molecule has 2 aromatic rings. The number of rotatable bonds is 17. The second-order valence-corrected chi connectivity index (χ2v) is 9.93. The number of amides is 3. The highest BCUT2D eigenvalue weighted by Gasteiger charge is 2.30. The summed E-state index contributed by atoms with van der Waals surface area (Å²) >= 11 is 1.45. The van der Waals surface area contributed by atoms with Crippen LogP contribution in [0.1, 0.15) is 31.2 Å². The predicted molar refractivity (Wildman–Crippen MR) is 146 cm³/mol. The first-order chi connectivity index (χ1) is 18.2. The van der Waals surface area contributed by atoms with Crippen molar-refractivity contribution in [3.8, 4) is 0 Å². The van der Waals surface area contributed by atoms with E-state index in [0.29, 0.717) is 31.6 Å². The number of H-pyrrole nitrogens is 1. The van der Waals surface area contributed by atoms with Gasteiger partial charge in [-0.3, -0.25) is 14.4 Å². The number of carbonyl (C=O) groups excluding carboxylic acids is 3. The van der Waals surface area contributed by atoms with Gasteiger partial charge in [0.1, 0.15) is 18.1 Å². The summed E-state index contributed by atoms with van der Waals surface area (Å²) in [4.78, 5) is 53.5. The van der Waals surface area contributed by atoms with Crippen molar-refractivity contribution in [2.24, 2.45) is 11.5 Å². The molecule has 3 amide bonds. The fourth-order valence-corrected chi connectivity index (χ4v) is 4.35. The molecule has 38 heavy (non-hydrogen) atoms. The third kappa shape index (κ3) is 9.31. The van der Waals surface area contributed by atoms with E-state index < -0.39 is 54.5 Å². The molecule has 1 heterocycles. The first kappa shape index (κ1) is 31.1. The van der Waals surface area contributed by atoms with Crippen LogP contribution in [0.2, 0.25) is 0 Å². The highest BCUT2D eigenvalue weighted by molar-refractivity contribution is 7.98. The van der Waals surface area contributed by atoms with Crippen molar-refractivity contribution in [3.63, 3.8) is 0 Å². The average molecular weight is 551 g/mol. The highest BCUT2D eigenvalue weighted by Crippen LogP contribution is 2.19. The summed E-state index contributed by atoms with van der Waals surface area (Å²) in [6, 6.07) is 2.86. The third-order valence-electron chi connectivity index (χ3n) is 6.08. The van der Waals surface area contributed by atoms with Crippen LogP contribution in [0, 0.1) is 0 Å². The molecular formula is C25H38N6O6S. The van der Waals surface area contributed by atoms with Crippen molar-refractivity contribution >= 4 is 46.4 Å². The molecule has 13 heteroatoms. The summed E-state index contributed by atoms with van der Waals surface area (Å²) in [6.45, 7) is -0.254. The number of carboxylic acids is 1. The van der Waals surface area contributed by atoms with E-state index in [1.165, 1.54) is 11.8 Å². The molecule has 0 bridgehead atoms. The van der Waals surface area contributed by atoms with Gasteiger partial charge in [-0.25, -0.2) is 4.79 Å². The maximum Gasteiger partial charge on any atom is 0.326 e. The van der Waals surface area contributed by atoms with Crippen molar-refractivity contribution in [2.75, 3.05) is 25.2 Å². The van der Waals surface area contributed by atoms with Gasteiger partial charge in [0.05, 0.1) is 12.6 Å². The molecule has 0 aliphatic rings. The third-order valence-corrected chi connectivity index (χ3v) is 6.72. The number of aliphatic hydroxyl groups is 1. The number of thioether (sulfide) groups is 1. The summed E-state index contributed by atoms with van der Waals surface area (Å²) < 4.78 is 0. The Morgan fingerprint density at radius 2 is 1.63 bits per heavy atom. The number of carbonyl (C=O) groups is 4. The number of para-hydroxylation sites is 1. The number of aliphatic hydroxyl groups excluding tert-OH is 1. The van der Waals surface area contributed by atoms with Gasteiger partial charge in [0, 0.05) is 23.5 Å². The number of aliphatic carboxylic acids is 1. The summed E-state index contributed by atoms with van der Waals surface area (Å²) in [5.41, 5.74) is 12.9. The normalized spacial score (nSPS) is 14.3. The van der Waals surface area contributed by atoms with Gasteiger partial charge in [0.15, 0.2) is 0 Å². The first-order valence-electron chi connectivity index (χ1n) is 12.5. The summed E-state index contributed by atoms with van der Waals surface area (Å²) in [7, 11) is 0. The van der Waals surface area contributed by atoms with Crippen LogP contribution in [-0.2, 0) is 25.6 Å². The van der Waals surface area contributed by atoms with Gasteiger partial charge in [-0.15, -0.1) is 0 Å². The molecule has 1 aromatic carbocycles. The largest absolute Gasteiger partial charge is 0.480 e. The molecule has 2 rings (SSSR count). The number of carboxylic acid groups (broad SMARTS) is 1. The van der Waals surface area contributed by atoms with Crippen molar-refractivity contribution in [1.82, 2.24) is 20.9 Å². The molecular weight excluding hydrogens is 512 g/mol. The Morgan fingerprint density at radius 3 is 2.29 bits per heavy atom. The van der Waals surface area contributed by atoms with Crippen LogP contribution in [0.15, 0.2) is 30.5 Å². The van der Waals surface area contributed by atoms with Gasteiger partial charge in [0.2, 0.25) is 17.7 Å². The zero-order valence-corrected chi connectivity index (χ0v) is 22.3. The quantitative estimate of drug-likeness (QED) is 0.119. The highest BCUT2D eigenvalue weighted by atomic mass is 32.2. The molecule has 4 unspecified atom stereocenters. The fraction of sp³-hybridized carbons (Fsp3) is 0.520.